The van der Waals surface area contributed by atoms with Crippen molar-refractivity contribution in [1.82, 2.24) is 4.98 Å². The number of ketones is 1. The number of ether oxygens (including phenoxy) is 1. The first-order valence-electron chi connectivity index (χ1n) is 11.8. The summed E-state index contributed by atoms with van der Waals surface area (Å²) in [4.78, 5) is 17.0. The van der Waals surface area contributed by atoms with Crippen LogP contribution in [0.1, 0.15) is 47.2 Å². The van der Waals surface area contributed by atoms with Gasteiger partial charge in [-0.3, -0.25) is 4.79 Å². The molecular weight excluding hydrogens is 503 g/mol. The van der Waals surface area contributed by atoms with Gasteiger partial charge in [-0.2, -0.15) is 13.2 Å². The van der Waals surface area contributed by atoms with E-state index in [1.807, 2.05) is 13.0 Å². The first kappa shape index (κ1) is 28.4. The van der Waals surface area contributed by atoms with Gasteiger partial charge in [0.05, 0.1) is 18.6 Å². The Labute approximate surface area is 215 Å². The lowest BCUT2D eigenvalue weighted by molar-refractivity contribution is -0.141. The molecule has 0 radical (unpaired) electrons. The van der Waals surface area contributed by atoms with Gasteiger partial charge in [0.15, 0.2) is 0 Å². The van der Waals surface area contributed by atoms with Gasteiger partial charge >= 0.3 is 6.18 Å². The lowest BCUT2D eigenvalue weighted by Crippen LogP contribution is -2.13. The first-order chi connectivity index (χ1) is 17.3. The van der Waals surface area contributed by atoms with Crippen LogP contribution in [0.4, 0.5) is 13.2 Å². The van der Waals surface area contributed by atoms with Crippen LogP contribution in [0.5, 0.6) is 5.75 Å². The molecule has 2 aromatic carbocycles. The molecule has 0 aliphatic carbocycles. The zero-order valence-corrected chi connectivity index (χ0v) is 22.0. The molecule has 5 nitrogen and oxygen atoms in total. The summed E-state index contributed by atoms with van der Waals surface area (Å²) in [5, 5.41) is 0. The molecule has 1 aromatic heterocycles. The Kier molecular flexibility index (Phi) is 8.79. The summed E-state index contributed by atoms with van der Waals surface area (Å²) < 4.78 is 68.5. The van der Waals surface area contributed by atoms with Gasteiger partial charge in [-0.15, -0.1) is 0 Å². The Morgan fingerprint density at radius 1 is 1.03 bits per heavy atom. The monoisotopic (exact) mass is 533 g/mol. The fourth-order valence-corrected chi connectivity index (χ4v) is 4.67. The minimum absolute atomic E-state index is 0.0123. The summed E-state index contributed by atoms with van der Waals surface area (Å²) in [6.45, 7) is 3.61. The van der Waals surface area contributed by atoms with Crippen molar-refractivity contribution >= 4 is 15.6 Å². The van der Waals surface area contributed by atoms with Crippen LogP contribution in [0.2, 0.25) is 0 Å². The Bertz CT molecular complexity index is 1380. The van der Waals surface area contributed by atoms with Gasteiger partial charge in [0.25, 0.3) is 0 Å². The molecule has 1 atom stereocenters. The number of carbonyl (C=O) groups excluding carboxylic acids is 1. The Balaban J connectivity index is 1.81. The number of hydrogen-bond acceptors (Lipinski definition) is 5. The fraction of sp³-hybridized carbons (Fsp3) is 0.357. The molecule has 3 rings (SSSR count). The van der Waals surface area contributed by atoms with E-state index in [4.69, 9.17) is 4.74 Å². The van der Waals surface area contributed by atoms with E-state index in [-0.39, 0.29) is 30.1 Å². The second kappa shape index (κ2) is 11.5. The van der Waals surface area contributed by atoms with Crippen molar-refractivity contribution < 1.29 is 31.1 Å². The Hall–Kier alpha value is -3.20. The van der Waals surface area contributed by atoms with E-state index in [0.717, 1.165) is 22.8 Å². The molecule has 0 saturated heterocycles. The number of methoxy groups -OCH3 is 1. The number of aryl methyl sites for hydroxylation is 3. The molecule has 9 heteroatoms. The molecule has 1 heterocycles. The van der Waals surface area contributed by atoms with Crippen molar-refractivity contribution in [3.8, 4) is 17.0 Å². The predicted octanol–water partition coefficient (Wildman–Crippen LogP) is 5.98. The number of carbonyl (C=O) groups is 1. The lowest BCUT2D eigenvalue weighted by atomic mass is 9.91. The van der Waals surface area contributed by atoms with Crippen LogP contribution in [-0.2, 0) is 33.6 Å². The number of alkyl halides is 3. The van der Waals surface area contributed by atoms with Crippen molar-refractivity contribution in [2.24, 2.45) is 0 Å². The zero-order chi connectivity index (χ0) is 27.4. The molecule has 0 amide bonds. The van der Waals surface area contributed by atoms with Gasteiger partial charge in [-0.25, -0.2) is 13.4 Å². The predicted molar refractivity (Wildman–Crippen MR) is 138 cm³/mol. The van der Waals surface area contributed by atoms with Crippen molar-refractivity contribution in [3.63, 3.8) is 0 Å². The minimum Gasteiger partial charge on any atom is -0.496 e. The highest BCUT2D eigenvalue weighted by Gasteiger charge is 2.33. The van der Waals surface area contributed by atoms with Crippen LogP contribution in [0, 0.1) is 6.92 Å². The molecule has 37 heavy (non-hydrogen) atoms. The maximum atomic E-state index is 13.3. The average Bonchev–Trinajstić information content (AvgIpc) is 2.84. The summed E-state index contributed by atoms with van der Waals surface area (Å²) in [5.41, 5.74) is 2.71. The van der Waals surface area contributed by atoms with E-state index in [1.54, 1.807) is 43.3 Å². The van der Waals surface area contributed by atoms with Crippen LogP contribution in [0.3, 0.4) is 0 Å². The van der Waals surface area contributed by atoms with Crippen LogP contribution < -0.4 is 4.74 Å². The third-order valence-electron chi connectivity index (χ3n) is 6.24. The summed E-state index contributed by atoms with van der Waals surface area (Å²) in [5.74, 6) is -0.0695. The molecule has 0 bridgehead atoms. The lowest BCUT2D eigenvalue weighted by Gasteiger charge is -2.16. The second-order valence-electron chi connectivity index (χ2n) is 9.21. The molecule has 0 spiro atoms. The highest BCUT2D eigenvalue weighted by molar-refractivity contribution is 7.90. The molecule has 0 aliphatic rings. The normalized spacial score (nSPS) is 12.8. The van der Waals surface area contributed by atoms with E-state index in [1.165, 1.54) is 19.4 Å². The maximum Gasteiger partial charge on any atom is 0.433 e. The van der Waals surface area contributed by atoms with Crippen molar-refractivity contribution in [2.45, 2.75) is 45.2 Å². The van der Waals surface area contributed by atoms with Gasteiger partial charge in [-0.05, 0) is 54.7 Å². The van der Waals surface area contributed by atoms with E-state index < -0.39 is 27.6 Å². The fourth-order valence-electron chi connectivity index (χ4n) is 4.08. The number of benzene rings is 2. The summed E-state index contributed by atoms with van der Waals surface area (Å²) in [6.07, 6.45) is -2.75. The third kappa shape index (κ3) is 7.64. The van der Waals surface area contributed by atoms with Gasteiger partial charge in [0, 0.05) is 24.2 Å². The SMILES string of the molecule is COc1cc(C(C)C(=O)CCc2ccc(C(F)(F)F)nc2-c2cccc(C)c2)ccc1CCS(C)(=O)=O. The summed E-state index contributed by atoms with van der Waals surface area (Å²) in [6, 6.07) is 14.7. The van der Waals surface area contributed by atoms with Crippen LogP contribution in [0.25, 0.3) is 11.3 Å². The number of hydrogen-bond donors (Lipinski definition) is 0. The quantitative estimate of drug-likeness (QED) is 0.321. The van der Waals surface area contributed by atoms with Crippen molar-refractivity contribution in [2.75, 3.05) is 19.1 Å². The maximum absolute atomic E-state index is 13.3. The molecule has 198 valence electrons. The van der Waals surface area contributed by atoms with E-state index in [0.29, 0.717) is 23.3 Å². The molecule has 1 unspecified atom stereocenters. The molecule has 0 N–H and O–H groups in total. The Morgan fingerprint density at radius 3 is 2.35 bits per heavy atom. The second-order valence-corrected chi connectivity index (χ2v) is 11.5. The van der Waals surface area contributed by atoms with Crippen LogP contribution in [-0.4, -0.2) is 38.3 Å². The summed E-state index contributed by atoms with van der Waals surface area (Å²) >= 11 is 0. The molecule has 0 fully saturated rings. The number of sulfone groups is 1. The van der Waals surface area contributed by atoms with E-state index in [2.05, 4.69) is 4.98 Å². The smallest absolute Gasteiger partial charge is 0.433 e. The largest absolute Gasteiger partial charge is 0.496 e. The summed E-state index contributed by atoms with van der Waals surface area (Å²) in [7, 11) is -1.65. The van der Waals surface area contributed by atoms with Gasteiger partial charge < -0.3 is 4.74 Å². The number of nitrogens with zero attached hydrogens (tertiary/aromatic N) is 1. The molecule has 0 saturated carbocycles. The van der Waals surface area contributed by atoms with Gasteiger partial charge in [0.2, 0.25) is 0 Å². The van der Waals surface area contributed by atoms with Crippen LogP contribution >= 0.6 is 0 Å². The highest BCUT2D eigenvalue weighted by atomic mass is 32.2. The number of rotatable bonds is 10. The first-order valence-corrected chi connectivity index (χ1v) is 13.9. The standard InChI is InChI=1S/C28H30F3NO4S/c1-18-6-5-7-23(16-18)27-21(11-13-26(32-27)28(29,30)31)10-12-24(33)19(2)22-9-8-20(25(17-22)36-3)14-15-37(4,34)35/h5-9,11,13,16-17,19H,10,12,14-15H2,1-4H3. The van der Waals surface area contributed by atoms with Gasteiger partial charge in [0.1, 0.15) is 27.1 Å². The Morgan fingerprint density at radius 2 is 1.73 bits per heavy atom. The molecular formula is C28H30F3NO4S. The van der Waals surface area contributed by atoms with Crippen molar-refractivity contribution in [1.29, 1.82) is 0 Å². The zero-order valence-electron chi connectivity index (χ0n) is 21.2. The average molecular weight is 534 g/mol. The highest BCUT2D eigenvalue weighted by Crippen LogP contribution is 2.33. The minimum atomic E-state index is -4.58. The van der Waals surface area contributed by atoms with Crippen LogP contribution in [0.15, 0.2) is 54.6 Å². The van der Waals surface area contributed by atoms with E-state index in [9.17, 15) is 26.4 Å². The third-order valence-corrected chi connectivity index (χ3v) is 7.18. The van der Waals surface area contributed by atoms with Gasteiger partial charge in [-0.1, -0.05) is 48.9 Å². The number of Topliss-reactive ketones (excluding diaryl/α,β-unsaturated/α-hetero) is 1. The topological polar surface area (TPSA) is 73.3 Å². The number of halogens is 3. The molecule has 0 aliphatic heterocycles. The van der Waals surface area contributed by atoms with E-state index >= 15 is 0 Å². The van der Waals surface area contributed by atoms with Crippen molar-refractivity contribution in [3.05, 3.63) is 82.5 Å². The molecule has 3 aromatic rings. The number of aromatic nitrogens is 1. The number of pyridine rings is 1.